The average molecular weight is 351 g/mol. The van der Waals surface area contributed by atoms with Gasteiger partial charge in [-0.25, -0.2) is 4.98 Å². The van der Waals surface area contributed by atoms with E-state index in [1.807, 2.05) is 0 Å². The van der Waals surface area contributed by atoms with E-state index in [2.05, 4.69) is 10.3 Å². The zero-order valence-corrected chi connectivity index (χ0v) is 13.8. The Kier molecular flexibility index (Phi) is 5.10. The van der Waals surface area contributed by atoms with Crippen LogP contribution in [0.3, 0.4) is 0 Å². The van der Waals surface area contributed by atoms with Gasteiger partial charge in [0.25, 0.3) is 11.8 Å². The van der Waals surface area contributed by atoms with Gasteiger partial charge in [0.2, 0.25) is 0 Å². The number of carbonyl (C=O) groups excluding carboxylic acids is 2. The lowest BCUT2D eigenvalue weighted by Crippen LogP contribution is -2.22. The Morgan fingerprint density at radius 1 is 1.12 bits per heavy atom. The Balaban J connectivity index is 2.23. The van der Waals surface area contributed by atoms with Crippen molar-refractivity contribution in [2.24, 2.45) is 0 Å². The lowest BCUT2D eigenvalue weighted by atomic mass is 10.1. The van der Waals surface area contributed by atoms with Gasteiger partial charge in [-0.1, -0.05) is 6.07 Å². The summed E-state index contributed by atoms with van der Waals surface area (Å²) in [5.41, 5.74) is -0.327. The van der Waals surface area contributed by atoms with Gasteiger partial charge in [-0.15, -0.1) is 0 Å². The number of halogens is 3. The summed E-state index contributed by atoms with van der Waals surface area (Å²) in [7, 11) is 3.20. The van der Waals surface area contributed by atoms with Crippen LogP contribution >= 0.6 is 0 Å². The van der Waals surface area contributed by atoms with Crippen LogP contribution in [0.2, 0.25) is 0 Å². The van der Waals surface area contributed by atoms with E-state index in [1.54, 1.807) is 32.3 Å². The highest BCUT2D eigenvalue weighted by Crippen LogP contribution is 2.28. The molecule has 2 rings (SSSR count). The van der Waals surface area contributed by atoms with Crippen LogP contribution in [0.4, 0.5) is 18.9 Å². The summed E-state index contributed by atoms with van der Waals surface area (Å²) < 4.78 is 37.9. The molecule has 1 N–H and O–H groups in total. The lowest BCUT2D eigenvalue weighted by Gasteiger charge is -2.13. The zero-order valence-electron chi connectivity index (χ0n) is 13.8. The zero-order chi connectivity index (χ0) is 18.8. The first kappa shape index (κ1) is 18.4. The number of nitrogens with one attached hydrogen (secondary N) is 1. The van der Waals surface area contributed by atoms with Crippen molar-refractivity contribution in [1.82, 2.24) is 9.88 Å². The van der Waals surface area contributed by atoms with Crippen molar-refractivity contribution in [3.05, 3.63) is 58.9 Å². The fourth-order valence-electron chi connectivity index (χ4n) is 2.15. The van der Waals surface area contributed by atoms with Crippen molar-refractivity contribution < 1.29 is 22.8 Å². The summed E-state index contributed by atoms with van der Waals surface area (Å²) in [6.07, 6.45) is -4.57. The number of anilines is 1. The molecule has 0 aliphatic heterocycles. The third-order valence-corrected chi connectivity index (χ3v) is 3.39. The smallest absolute Gasteiger partial charge is 0.345 e. The number of alkyl halides is 3. The molecule has 1 heterocycles. The minimum Gasteiger partial charge on any atom is -0.345 e. The third kappa shape index (κ3) is 4.34. The highest BCUT2D eigenvalue weighted by molar-refractivity contribution is 6.05. The van der Waals surface area contributed by atoms with Crippen molar-refractivity contribution >= 4 is 17.5 Å². The summed E-state index contributed by atoms with van der Waals surface area (Å²) in [5, 5.41) is 2.56. The maximum Gasteiger partial charge on any atom is 0.433 e. The van der Waals surface area contributed by atoms with Crippen molar-refractivity contribution in [2.75, 3.05) is 19.4 Å². The molecule has 0 unspecified atom stereocenters. The second kappa shape index (κ2) is 6.92. The van der Waals surface area contributed by atoms with Crippen LogP contribution in [0.5, 0.6) is 0 Å². The first-order valence-electron chi connectivity index (χ1n) is 7.27. The third-order valence-electron chi connectivity index (χ3n) is 3.39. The Bertz CT molecular complexity index is 817. The van der Waals surface area contributed by atoms with Gasteiger partial charge in [0.1, 0.15) is 5.69 Å². The Labute approximate surface area is 142 Å². The number of rotatable bonds is 3. The number of amides is 2. The highest BCUT2D eigenvalue weighted by Gasteiger charge is 2.33. The molecule has 25 heavy (non-hydrogen) atoms. The van der Waals surface area contributed by atoms with E-state index in [1.165, 1.54) is 17.9 Å². The molecule has 132 valence electrons. The number of carbonyl (C=O) groups is 2. The van der Waals surface area contributed by atoms with Crippen LogP contribution in [0, 0.1) is 6.92 Å². The van der Waals surface area contributed by atoms with E-state index in [-0.39, 0.29) is 17.2 Å². The van der Waals surface area contributed by atoms with Gasteiger partial charge in [-0.3, -0.25) is 9.59 Å². The molecule has 1 aromatic carbocycles. The normalized spacial score (nSPS) is 11.1. The quantitative estimate of drug-likeness (QED) is 0.922. The summed E-state index contributed by atoms with van der Waals surface area (Å²) in [5.74, 6) is -0.836. The molecule has 2 aromatic rings. The maximum atomic E-state index is 12.6. The molecule has 0 radical (unpaired) electrons. The molecule has 0 atom stereocenters. The summed E-state index contributed by atoms with van der Waals surface area (Å²) in [6, 6.07) is 8.11. The maximum absolute atomic E-state index is 12.6. The van der Waals surface area contributed by atoms with Crippen molar-refractivity contribution in [3.63, 3.8) is 0 Å². The first-order valence-corrected chi connectivity index (χ1v) is 7.27. The molecule has 0 aliphatic rings. The summed E-state index contributed by atoms with van der Waals surface area (Å²) in [4.78, 5) is 29.0. The van der Waals surface area contributed by atoms with Crippen LogP contribution in [0.15, 0.2) is 36.4 Å². The van der Waals surface area contributed by atoms with Gasteiger partial charge in [0.05, 0.1) is 11.3 Å². The van der Waals surface area contributed by atoms with E-state index in [0.29, 0.717) is 11.3 Å². The minimum absolute atomic E-state index is 0.0253. The minimum atomic E-state index is -4.57. The second-order valence-corrected chi connectivity index (χ2v) is 5.56. The van der Waals surface area contributed by atoms with Crippen LogP contribution < -0.4 is 5.32 Å². The number of hydrogen-bond acceptors (Lipinski definition) is 3. The molecular weight excluding hydrogens is 335 g/mol. The predicted octanol–water partition coefficient (Wildman–Crippen LogP) is 3.36. The number of benzene rings is 1. The molecule has 0 aliphatic carbocycles. The second-order valence-electron chi connectivity index (χ2n) is 5.56. The van der Waals surface area contributed by atoms with E-state index >= 15 is 0 Å². The Morgan fingerprint density at radius 2 is 1.80 bits per heavy atom. The fraction of sp³-hybridized carbons (Fsp3) is 0.235. The molecular formula is C17H16F3N3O2. The highest BCUT2D eigenvalue weighted by atomic mass is 19.4. The van der Waals surface area contributed by atoms with Gasteiger partial charge < -0.3 is 10.2 Å². The SMILES string of the molecule is Cc1nc(C(F)(F)F)ccc1C(=O)Nc1cccc(C(=O)N(C)C)c1. The summed E-state index contributed by atoms with van der Waals surface area (Å²) >= 11 is 0. The molecule has 2 amide bonds. The van der Waals surface area contributed by atoms with Crippen LogP contribution in [-0.2, 0) is 6.18 Å². The van der Waals surface area contributed by atoms with Gasteiger partial charge in [0, 0.05) is 25.3 Å². The van der Waals surface area contributed by atoms with Crippen molar-refractivity contribution in [1.29, 1.82) is 0 Å². The molecule has 0 bridgehead atoms. The lowest BCUT2D eigenvalue weighted by molar-refractivity contribution is -0.141. The van der Waals surface area contributed by atoms with Crippen LogP contribution in [-0.4, -0.2) is 35.8 Å². The van der Waals surface area contributed by atoms with E-state index < -0.39 is 17.8 Å². The van der Waals surface area contributed by atoms with Gasteiger partial charge in [-0.05, 0) is 37.3 Å². The standard InChI is InChI=1S/C17H16F3N3O2/c1-10-13(7-8-14(21-10)17(18,19)20)15(24)22-12-6-4-5-11(9-12)16(25)23(2)3/h4-9H,1-3H3,(H,22,24). The monoisotopic (exact) mass is 351 g/mol. The molecule has 5 nitrogen and oxygen atoms in total. The predicted molar refractivity (Wildman–Crippen MR) is 86.4 cm³/mol. The Morgan fingerprint density at radius 3 is 2.36 bits per heavy atom. The van der Waals surface area contributed by atoms with E-state index in [9.17, 15) is 22.8 Å². The first-order chi connectivity index (χ1) is 11.6. The molecule has 8 heteroatoms. The number of nitrogens with zero attached hydrogens (tertiary/aromatic N) is 2. The van der Waals surface area contributed by atoms with Crippen molar-refractivity contribution in [2.45, 2.75) is 13.1 Å². The van der Waals surface area contributed by atoms with Crippen LogP contribution in [0.25, 0.3) is 0 Å². The molecule has 0 spiro atoms. The van der Waals surface area contributed by atoms with Crippen molar-refractivity contribution in [3.8, 4) is 0 Å². The molecule has 0 saturated carbocycles. The van der Waals surface area contributed by atoms with E-state index in [0.717, 1.165) is 12.1 Å². The van der Waals surface area contributed by atoms with E-state index in [4.69, 9.17) is 0 Å². The number of aromatic nitrogens is 1. The van der Waals surface area contributed by atoms with Crippen LogP contribution in [0.1, 0.15) is 32.1 Å². The average Bonchev–Trinajstić information content (AvgIpc) is 2.53. The largest absolute Gasteiger partial charge is 0.433 e. The topological polar surface area (TPSA) is 62.3 Å². The van der Waals surface area contributed by atoms with Gasteiger partial charge in [0.15, 0.2) is 0 Å². The number of hydrogen-bond donors (Lipinski definition) is 1. The number of aryl methyl sites for hydroxylation is 1. The van der Waals surface area contributed by atoms with Gasteiger partial charge in [-0.2, -0.15) is 13.2 Å². The molecule has 0 saturated heterocycles. The van der Waals surface area contributed by atoms with Gasteiger partial charge >= 0.3 is 6.18 Å². The summed E-state index contributed by atoms with van der Waals surface area (Å²) in [6.45, 7) is 1.33. The Hall–Kier alpha value is -2.90. The molecule has 1 aromatic heterocycles. The molecule has 0 fully saturated rings. The fourth-order valence-corrected chi connectivity index (χ4v) is 2.15. The number of pyridine rings is 1.